The van der Waals surface area contributed by atoms with Gasteiger partial charge in [-0.05, 0) is 35.7 Å². The minimum Gasteiger partial charge on any atom is -0.504 e. The molecule has 2 aromatic rings. The predicted octanol–water partition coefficient (Wildman–Crippen LogP) is 2.18. The zero-order valence-electron chi connectivity index (χ0n) is 11.4. The van der Waals surface area contributed by atoms with Gasteiger partial charge in [0.2, 0.25) is 5.91 Å². The average Bonchev–Trinajstić information content (AvgIpc) is 2.50. The van der Waals surface area contributed by atoms with Crippen LogP contribution >= 0.6 is 0 Å². The minimum atomic E-state index is -0.227. The first-order valence-corrected chi connectivity index (χ1v) is 6.53. The summed E-state index contributed by atoms with van der Waals surface area (Å²) in [6, 6.07) is 14.0. The van der Waals surface area contributed by atoms with Crippen LogP contribution in [-0.4, -0.2) is 22.3 Å². The highest BCUT2D eigenvalue weighted by Crippen LogP contribution is 2.23. The molecule has 0 spiro atoms. The van der Waals surface area contributed by atoms with Gasteiger partial charge in [0.25, 0.3) is 0 Å². The number of phenols is 2. The van der Waals surface area contributed by atoms with Crippen LogP contribution in [0.25, 0.3) is 0 Å². The number of benzene rings is 2. The Kier molecular flexibility index (Phi) is 4.93. The van der Waals surface area contributed by atoms with E-state index in [4.69, 9.17) is 0 Å². The molecule has 0 radical (unpaired) electrons. The lowest BCUT2D eigenvalue weighted by atomic mass is 10.1. The van der Waals surface area contributed by atoms with Crippen molar-refractivity contribution in [3.63, 3.8) is 0 Å². The number of amides is 1. The molecule has 0 fully saturated rings. The van der Waals surface area contributed by atoms with Gasteiger partial charge in [0.05, 0.1) is 6.21 Å². The van der Waals surface area contributed by atoms with Gasteiger partial charge < -0.3 is 10.2 Å². The number of rotatable bonds is 5. The van der Waals surface area contributed by atoms with Gasteiger partial charge in [0.15, 0.2) is 11.5 Å². The van der Waals surface area contributed by atoms with E-state index in [1.165, 1.54) is 18.3 Å². The van der Waals surface area contributed by atoms with E-state index in [1.807, 2.05) is 30.3 Å². The topological polar surface area (TPSA) is 81.9 Å². The number of nitrogens with zero attached hydrogens (tertiary/aromatic N) is 1. The molecule has 0 aliphatic heterocycles. The summed E-state index contributed by atoms with van der Waals surface area (Å²) in [5, 5.41) is 22.3. The Morgan fingerprint density at radius 3 is 2.57 bits per heavy atom. The first-order valence-electron chi connectivity index (χ1n) is 6.53. The van der Waals surface area contributed by atoms with Crippen LogP contribution in [0.5, 0.6) is 11.5 Å². The number of carbonyl (C=O) groups excluding carboxylic acids is 1. The molecule has 0 aliphatic carbocycles. The lowest BCUT2D eigenvalue weighted by Gasteiger charge is -2.01. The average molecular weight is 284 g/mol. The molecule has 0 unspecified atom stereocenters. The number of phenolic OH excluding ortho intramolecular Hbond substituents is 2. The molecule has 0 aromatic heterocycles. The second-order valence-corrected chi connectivity index (χ2v) is 4.53. The Balaban J connectivity index is 1.80. The predicted molar refractivity (Wildman–Crippen MR) is 80.3 cm³/mol. The molecule has 0 bridgehead atoms. The summed E-state index contributed by atoms with van der Waals surface area (Å²) in [5.74, 6) is -0.605. The molecule has 5 nitrogen and oxygen atoms in total. The van der Waals surface area contributed by atoms with Crippen molar-refractivity contribution < 1.29 is 15.0 Å². The van der Waals surface area contributed by atoms with Gasteiger partial charge >= 0.3 is 0 Å². The molecular formula is C16H16N2O3. The Morgan fingerprint density at radius 2 is 1.86 bits per heavy atom. The van der Waals surface area contributed by atoms with Crippen LogP contribution < -0.4 is 5.43 Å². The van der Waals surface area contributed by atoms with E-state index in [2.05, 4.69) is 10.5 Å². The van der Waals surface area contributed by atoms with Crippen LogP contribution in [0.1, 0.15) is 17.5 Å². The monoisotopic (exact) mass is 284 g/mol. The lowest BCUT2D eigenvalue weighted by Crippen LogP contribution is -2.17. The lowest BCUT2D eigenvalue weighted by molar-refractivity contribution is -0.121. The summed E-state index contributed by atoms with van der Waals surface area (Å²) < 4.78 is 0. The molecule has 2 rings (SSSR count). The van der Waals surface area contributed by atoms with Gasteiger partial charge in [-0.1, -0.05) is 30.3 Å². The highest BCUT2D eigenvalue weighted by atomic mass is 16.3. The molecular weight excluding hydrogens is 268 g/mol. The third-order valence-electron chi connectivity index (χ3n) is 2.89. The van der Waals surface area contributed by atoms with Crippen molar-refractivity contribution in [3.8, 4) is 11.5 Å². The van der Waals surface area contributed by atoms with Crippen molar-refractivity contribution >= 4 is 12.1 Å². The quantitative estimate of drug-likeness (QED) is 0.447. The molecule has 108 valence electrons. The van der Waals surface area contributed by atoms with Crippen LogP contribution in [0, 0.1) is 0 Å². The maximum Gasteiger partial charge on any atom is 0.240 e. The number of carbonyl (C=O) groups is 1. The van der Waals surface area contributed by atoms with Crippen molar-refractivity contribution in [3.05, 3.63) is 59.7 Å². The molecule has 0 saturated carbocycles. The summed E-state index contributed by atoms with van der Waals surface area (Å²) >= 11 is 0. The number of hydrogen-bond acceptors (Lipinski definition) is 4. The zero-order chi connectivity index (χ0) is 15.1. The smallest absolute Gasteiger partial charge is 0.240 e. The van der Waals surface area contributed by atoms with Gasteiger partial charge in [-0.15, -0.1) is 0 Å². The summed E-state index contributed by atoms with van der Waals surface area (Å²) in [7, 11) is 0. The third kappa shape index (κ3) is 4.65. The minimum absolute atomic E-state index is 0.182. The van der Waals surface area contributed by atoms with Crippen molar-refractivity contribution in [1.82, 2.24) is 5.43 Å². The number of nitrogens with one attached hydrogen (secondary N) is 1. The standard InChI is InChI=1S/C16H16N2O3/c19-14-8-6-13(10-15(14)20)11-17-18-16(21)9-7-12-4-2-1-3-5-12/h1-6,8,10-11,19-20H,7,9H2,(H,18,21). The Labute approximate surface area is 122 Å². The second-order valence-electron chi connectivity index (χ2n) is 4.53. The SMILES string of the molecule is O=C(CCc1ccccc1)NN=Cc1ccc(O)c(O)c1. The van der Waals surface area contributed by atoms with E-state index in [1.54, 1.807) is 6.07 Å². The number of hydrazone groups is 1. The summed E-state index contributed by atoms with van der Waals surface area (Å²) in [5.41, 5.74) is 4.10. The third-order valence-corrected chi connectivity index (χ3v) is 2.89. The number of aryl methyl sites for hydroxylation is 1. The van der Waals surface area contributed by atoms with Gasteiger partial charge in [-0.25, -0.2) is 5.43 Å². The molecule has 0 saturated heterocycles. The van der Waals surface area contributed by atoms with E-state index in [9.17, 15) is 15.0 Å². The summed E-state index contributed by atoms with van der Waals surface area (Å²) in [4.78, 5) is 11.6. The fourth-order valence-electron chi connectivity index (χ4n) is 1.76. The molecule has 0 atom stereocenters. The summed E-state index contributed by atoms with van der Waals surface area (Å²) in [6.07, 6.45) is 2.41. The Bertz CT molecular complexity index is 639. The molecule has 1 amide bonds. The fraction of sp³-hybridized carbons (Fsp3) is 0.125. The molecule has 3 N–H and O–H groups in total. The first kappa shape index (κ1) is 14.6. The Hall–Kier alpha value is -2.82. The van der Waals surface area contributed by atoms with Crippen molar-refractivity contribution in [2.75, 3.05) is 0 Å². The van der Waals surface area contributed by atoms with Crippen LogP contribution in [0.15, 0.2) is 53.6 Å². The highest BCUT2D eigenvalue weighted by molar-refractivity contribution is 5.83. The summed E-state index contributed by atoms with van der Waals surface area (Å²) in [6.45, 7) is 0. The Morgan fingerprint density at radius 1 is 1.10 bits per heavy atom. The van der Waals surface area contributed by atoms with Gasteiger partial charge in [-0.2, -0.15) is 5.10 Å². The van der Waals surface area contributed by atoms with Gasteiger partial charge in [-0.3, -0.25) is 4.79 Å². The van der Waals surface area contributed by atoms with Crippen LogP contribution in [0.2, 0.25) is 0 Å². The second kappa shape index (κ2) is 7.09. The maximum absolute atomic E-state index is 11.6. The fourth-order valence-corrected chi connectivity index (χ4v) is 1.76. The number of hydrogen-bond donors (Lipinski definition) is 3. The maximum atomic E-state index is 11.6. The molecule has 0 heterocycles. The van der Waals surface area contributed by atoms with E-state index < -0.39 is 0 Å². The molecule has 21 heavy (non-hydrogen) atoms. The van der Waals surface area contributed by atoms with Crippen molar-refractivity contribution in [2.45, 2.75) is 12.8 Å². The molecule has 0 aliphatic rings. The van der Waals surface area contributed by atoms with E-state index in [-0.39, 0.29) is 17.4 Å². The first-order chi connectivity index (χ1) is 10.1. The van der Waals surface area contributed by atoms with E-state index in [0.717, 1.165) is 5.56 Å². The zero-order valence-corrected chi connectivity index (χ0v) is 11.4. The van der Waals surface area contributed by atoms with Crippen LogP contribution in [-0.2, 0) is 11.2 Å². The van der Waals surface area contributed by atoms with Gasteiger partial charge in [0, 0.05) is 6.42 Å². The van der Waals surface area contributed by atoms with Crippen molar-refractivity contribution in [1.29, 1.82) is 0 Å². The van der Waals surface area contributed by atoms with Crippen LogP contribution in [0.3, 0.4) is 0 Å². The molecule has 5 heteroatoms. The highest BCUT2D eigenvalue weighted by Gasteiger charge is 2.01. The molecule has 2 aromatic carbocycles. The van der Waals surface area contributed by atoms with E-state index >= 15 is 0 Å². The van der Waals surface area contributed by atoms with E-state index in [0.29, 0.717) is 18.4 Å². The number of aromatic hydroxyl groups is 2. The largest absolute Gasteiger partial charge is 0.504 e. The van der Waals surface area contributed by atoms with Crippen LogP contribution in [0.4, 0.5) is 0 Å². The van der Waals surface area contributed by atoms with Crippen molar-refractivity contribution in [2.24, 2.45) is 5.10 Å². The normalized spacial score (nSPS) is 10.7. The van der Waals surface area contributed by atoms with Gasteiger partial charge in [0.1, 0.15) is 0 Å².